The minimum Gasteiger partial charge on any atom is -0.493 e. The highest BCUT2D eigenvalue weighted by Crippen LogP contribution is 2.41. The van der Waals surface area contributed by atoms with Gasteiger partial charge in [0.05, 0.1) is 26.1 Å². The van der Waals surface area contributed by atoms with Crippen molar-refractivity contribution >= 4 is 17.5 Å². The molecule has 130 valence electrons. The Labute approximate surface area is 139 Å². The molecule has 0 saturated heterocycles. The Bertz CT molecular complexity index is 734. The molecule has 0 fully saturated rings. The van der Waals surface area contributed by atoms with Gasteiger partial charge in [-0.1, -0.05) is 5.16 Å². The Morgan fingerprint density at radius 3 is 2.46 bits per heavy atom. The molecule has 0 atom stereocenters. The van der Waals surface area contributed by atoms with E-state index in [1.807, 2.05) is 0 Å². The molecule has 0 aliphatic rings. The zero-order chi connectivity index (χ0) is 17.9. The van der Waals surface area contributed by atoms with Gasteiger partial charge in [0.2, 0.25) is 0 Å². The SMILES string of the molecule is COc1cc(-c2oncc2N)cc(NC(=O)OC(C)(C)C)c1OC. The maximum Gasteiger partial charge on any atom is 0.412 e. The third kappa shape index (κ3) is 3.89. The van der Waals surface area contributed by atoms with Gasteiger partial charge in [-0.15, -0.1) is 0 Å². The number of aromatic nitrogens is 1. The van der Waals surface area contributed by atoms with Gasteiger partial charge in [0.25, 0.3) is 0 Å². The van der Waals surface area contributed by atoms with Crippen molar-refractivity contribution < 1.29 is 23.5 Å². The van der Waals surface area contributed by atoms with Gasteiger partial charge in [0.1, 0.15) is 11.3 Å². The number of ether oxygens (including phenoxy) is 3. The molecule has 0 unspecified atom stereocenters. The van der Waals surface area contributed by atoms with Crippen molar-refractivity contribution in [2.75, 3.05) is 25.3 Å². The van der Waals surface area contributed by atoms with Gasteiger partial charge in [-0.25, -0.2) is 4.79 Å². The first-order valence-corrected chi connectivity index (χ1v) is 7.21. The molecular formula is C16H21N3O5. The molecule has 1 aromatic heterocycles. The van der Waals surface area contributed by atoms with Crippen LogP contribution in [0.1, 0.15) is 20.8 Å². The number of hydrogen-bond donors (Lipinski definition) is 2. The zero-order valence-electron chi connectivity index (χ0n) is 14.3. The summed E-state index contributed by atoms with van der Waals surface area (Å²) in [4.78, 5) is 12.1. The molecule has 0 aliphatic heterocycles. The lowest BCUT2D eigenvalue weighted by atomic mass is 10.1. The summed E-state index contributed by atoms with van der Waals surface area (Å²) in [6.45, 7) is 5.32. The van der Waals surface area contributed by atoms with E-state index in [4.69, 9.17) is 24.5 Å². The second kappa shape index (κ2) is 6.69. The number of nitrogens with zero attached hydrogens (tertiary/aromatic N) is 1. The lowest BCUT2D eigenvalue weighted by Gasteiger charge is -2.21. The van der Waals surface area contributed by atoms with Gasteiger partial charge in [-0.2, -0.15) is 0 Å². The van der Waals surface area contributed by atoms with Crippen molar-refractivity contribution in [1.29, 1.82) is 0 Å². The van der Waals surface area contributed by atoms with Crippen molar-refractivity contribution in [2.24, 2.45) is 0 Å². The largest absolute Gasteiger partial charge is 0.493 e. The number of hydrogen-bond acceptors (Lipinski definition) is 7. The van der Waals surface area contributed by atoms with Gasteiger partial charge in [0.15, 0.2) is 17.3 Å². The predicted molar refractivity (Wildman–Crippen MR) is 89.3 cm³/mol. The number of anilines is 2. The Morgan fingerprint density at radius 2 is 1.96 bits per heavy atom. The molecule has 0 aliphatic carbocycles. The van der Waals surface area contributed by atoms with Crippen LogP contribution in [0.15, 0.2) is 22.9 Å². The van der Waals surface area contributed by atoms with Crippen LogP contribution in [0, 0.1) is 0 Å². The van der Waals surface area contributed by atoms with Crippen LogP contribution >= 0.6 is 0 Å². The molecule has 2 rings (SSSR count). The number of methoxy groups -OCH3 is 2. The standard InChI is InChI=1S/C16H21N3O5/c1-16(2,3)23-15(20)19-11-6-9(13-10(17)8-18-24-13)7-12(21-4)14(11)22-5/h6-8H,17H2,1-5H3,(H,19,20). The molecule has 8 heteroatoms. The lowest BCUT2D eigenvalue weighted by Crippen LogP contribution is -2.27. The van der Waals surface area contributed by atoms with Crippen molar-refractivity contribution in [3.8, 4) is 22.8 Å². The molecule has 0 saturated carbocycles. The van der Waals surface area contributed by atoms with E-state index in [0.717, 1.165) is 0 Å². The second-order valence-electron chi connectivity index (χ2n) is 6.00. The molecule has 24 heavy (non-hydrogen) atoms. The van der Waals surface area contributed by atoms with Crippen LogP contribution in [0.25, 0.3) is 11.3 Å². The Balaban J connectivity index is 2.45. The monoisotopic (exact) mass is 335 g/mol. The van der Waals surface area contributed by atoms with Gasteiger partial charge in [0, 0.05) is 5.56 Å². The molecular weight excluding hydrogens is 314 g/mol. The third-order valence-electron chi connectivity index (χ3n) is 2.97. The van der Waals surface area contributed by atoms with Crippen molar-refractivity contribution in [3.63, 3.8) is 0 Å². The average molecular weight is 335 g/mol. The fourth-order valence-electron chi connectivity index (χ4n) is 2.07. The molecule has 1 aromatic carbocycles. The van der Waals surface area contributed by atoms with Crippen LogP contribution in [0.5, 0.6) is 11.5 Å². The number of carbonyl (C=O) groups is 1. The van der Waals surface area contributed by atoms with Crippen molar-refractivity contribution in [2.45, 2.75) is 26.4 Å². The zero-order valence-corrected chi connectivity index (χ0v) is 14.3. The first-order valence-electron chi connectivity index (χ1n) is 7.21. The summed E-state index contributed by atoms with van der Waals surface area (Å²) < 4.78 is 21.1. The van der Waals surface area contributed by atoms with Crippen molar-refractivity contribution in [3.05, 3.63) is 18.3 Å². The van der Waals surface area contributed by atoms with Crippen LogP contribution in [-0.4, -0.2) is 31.1 Å². The number of nitrogen functional groups attached to an aromatic ring is 1. The van der Waals surface area contributed by atoms with Gasteiger partial charge >= 0.3 is 6.09 Å². The molecule has 1 heterocycles. The van der Waals surface area contributed by atoms with Crippen LogP contribution in [-0.2, 0) is 4.74 Å². The summed E-state index contributed by atoms with van der Waals surface area (Å²) in [5.41, 5.74) is 6.50. The number of benzene rings is 1. The molecule has 0 bridgehead atoms. The fraction of sp³-hybridized carbons (Fsp3) is 0.375. The molecule has 8 nitrogen and oxygen atoms in total. The Morgan fingerprint density at radius 1 is 1.25 bits per heavy atom. The van der Waals surface area contributed by atoms with Gasteiger partial charge in [-0.3, -0.25) is 5.32 Å². The Hall–Kier alpha value is -2.90. The topological polar surface area (TPSA) is 109 Å². The average Bonchev–Trinajstić information content (AvgIpc) is 2.90. The summed E-state index contributed by atoms with van der Waals surface area (Å²) in [7, 11) is 2.96. The van der Waals surface area contributed by atoms with Crippen LogP contribution in [0.3, 0.4) is 0 Å². The quantitative estimate of drug-likeness (QED) is 0.882. The minimum atomic E-state index is -0.631. The number of nitrogens with two attached hydrogens (primary N) is 1. The number of amides is 1. The van der Waals surface area contributed by atoms with E-state index in [9.17, 15) is 4.79 Å². The highest BCUT2D eigenvalue weighted by molar-refractivity contribution is 5.90. The molecule has 0 spiro atoms. The van der Waals surface area contributed by atoms with E-state index in [-0.39, 0.29) is 0 Å². The summed E-state index contributed by atoms with van der Waals surface area (Å²) in [5, 5.41) is 6.30. The first kappa shape index (κ1) is 17.5. The normalized spacial score (nSPS) is 11.0. The molecule has 2 aromatic rings. The number of nitrogens with one attached hydrogen (secondary N) is 1. The van der Waals surface area contributed by atoms with E-state index in [1.54, 1.807) is 32.9 Å². The lowest BCUT2D eigenvalue weighted by molar-refractivity contribution is 0.0635. The minimum absolute atomic E-state index is 0.352. The number of carbonyl (C=O) groups excluding carboxylic acids is 1. The molecule has 1 amide bonds. The van der Waals surface area contributed by atoms with Crippen LogP contribution < -0.4 is 20.5 Å². The van der Waals surface area contributed by atoms with E-state index in [0.29, 0.717) is 34.2 Å². The van der Waals surface area contributed by atoms with Crippen LogP contribution in [0.4, 0.5) is 16.2 Å². The second-order valence-corrected chi connectivity index (χ2v) is 6.00. The van der Waals surface area contributed by atoms with E-state index >= 15 is 0 Å². The fourth-order valence-corrected chi connectivity index (χ4v) is 2.07. The van der Waals surface area contributed by atoms with E-state index in [1.165, 1.54) is 20.4 Å². The van der Waals surface area contributed by atoms with E-state index in [2.05, 4.69) is 10.5 Å². The first-order chi connectivity index (χ1) is 11.2. The number of rotatable bonds is 4. The smallest absolute Gasteiger partial charge is 0.412 e. The highest BCUT2D eigenvalue weighted by atomic mass is 16.6. The van der Waals surface area contributed by atoms with E-state index < -0.39 is 11.7 Å². The van der Waals surface area contributed by atoms with Gasteiger partial charge < -0.3 is 24.5 Å². The molecule has 0 radical (unpaired) electrons. The molecule has 3 N–H and O–H groups in total. The maximum atomic E-state index is 12.1. The summed E-state index contributed by atoms with van der Waals surface area (Å²) >= 11 is 0. The summed E-state index contributed by atoms with van der Waals surface area (Å²) in [6.07, 6.45) is 0.776. The predicted octanol–water partition coefficient (Wildman–Crippen LogP) is 3.29. The van der Waals surface area contributed by atoms with Gasteiger partial charge in [-0.05, 0) is 32.9 Å². The highest BCUT2D eigenvalue weighted by Gasteiger charge is 2.21. The summed E-state index contributed by atoms with van der Waals surface area (Å²) in [6, 6.07) is 3.32. The van der Waals surface area contributed by atoms with Crippen molar-refractivity contribution in [1.82, 2.24) is 5.16 Å². The summed E-state index contributed by atoms with van der Waals surface area (Å²) in [5.74, 6) is 1.12. The third-order valence-corrected chi connectivity index (χ3v) is 2.97. The maximum absolute atomic E-state index is 12.1. The Kier molecular flexibility index (Phi) is 4.87. The van der Waals surface area contributed by atoms with Crippen LogP contribution in [0.2, 0.25) is 0 Å².